The minimum atomic E-state index is -0.327. The smallest absolute Gasteiger partial charge is 0.237 e. The average Bonchev–Trinajstić information content (AvgIpc) is 3.11. The number of anilines is 1. The zero-order valence-electron chi connectivity index (χ0n) is 17.0. The molecule has 0 bridgehead atoms. The van der Waals surface area contributed by atoms with Gasteiger partial charge in [-0.3, -0.25) is 9.36 Å². The van der Waals surface area contributed by atoms with Crippen molar-refractivity contribution in [2.75, 3.05) is 5.32 Å². The van der Waals surface area contributed by atoms with Crippen molar-refractivity contribution in [2.45, 2.75) is 43.6 Å². The molecule has 0 aliphatic carbocycles. The molecule has 5 nitrogen and oxygen atoms in total. The maximum absolute atomic E-state index is 12.8. The van der Waals surface area contributed by atoms with Crippen molar-refractivity contribution in [1.82, 2.24) is 14.8 Å². The largest absolute Gasteiger partial charge is 0.325 e. The molecule has 3 aromatic rings. The first kappa shape index (κ1) is 20.9. The highest BCUT2D eigenvalue weighted by Crippen LogP contribution is 2.29. The van der Waals surface area contributed by atoms with Gasteiger partial charge in [0.15, 0.2) is 11.0 Å². The highest BCUT2D eigenvalue weighted by Gasteiger charge is 2.21. The number of carbonyl (C=O) groups is 1. The second-order valence-electron chi connectivity index (χ2n) is 7.06. The van der Waals surface area contributed by atoms with E-state index in [1.165, 1.54) is 11.8 Å². The van der Waals surface area contributed by atoms with Crippen LogP contribution in [0.25, 0.3) is 11.4 Å². The van der Waals surface area contributed by atoms with Crippen molar-refractivity contribution in [3.63, 3.8) is 0 Å². The predicted octanol–water partition coefficient (Wildman–Crippen LogP) is 5.37. The fourth-order valence-corrected chi connectivity index (χ4v) is 3.89. The fraction of sp³-hybridized carbons (Fsp3) is 0.261. The number of carbonyl (C=O) groups excluding carboxylic acids is 1. The molecule has 0 unspecified atom stereocenters. The van der Waals surface area contributed by atoms with Gasteiger partial charge in [0.25, 0.3) is 0 Å². The summed E-state index contributed by atoms with van der Waals surface area (Å²) in [6.07, 6.45) is 1.81. The lowest BCUT2D eigenvalue weighted by Gasteiger charge is -2.16. The molecule has 0 spiro atoms. The van der Waals surface area contributed by atoms with E-state index in [1.54, 1.807) is 0 Å². The second kappa shape index (κ2) is 9.56. The average molecular weight is 407 g/mol. The van der Waals surface area contributed by atoms with Crippen LogP contribution in [0.15, 0.2) is 72.4 Å². The second-order valence-corrected chi connectivity index (χ2v) is 8.37. The summed E-state index contributed by atoms with van der Waals surface area (Å²) in [6, 6.07) is 17.8. The summed E-state index contributed by atoms with van der Waals surface area (Å²) in [4.78, 5) is 12.8. The quantitative estimate of drug-likeness (QED) is 0.403. The number of aromatic nitrogens is 3. The van der Waals surface area contributed by atoms with E-state index in [2.05, 4.69) is 35.9 Å². The van der Waals surface area contributed by atoms with Crippen LogP contribution in [0.5, 0.6) is 0 Å². The molecule has 0 saturated carbocycles. The van der Waals surface area contributed by atoms with Gasteiger partial charge in [-0.05, 0) is 24.5 Å². The van der Waals surface area contributed by atoms with E-state index < -0.39 is 0 Å². The highest BCUT2D eigenvalue weighted by molar-refractivity contribution is 8.00. The Hall–Kier alpha value is -2.86. The number of rotatable bonds is 8. The third-order valence-corrected chi connectivity index (χ3v) is 5.63. The summed E-state index contributed by atoms with van der Waals surface area (Å²) in [5.74, 6) is 1.04. The Morgan fingerprint density at radius 3 is 2.48 bits per heavy atom. The summed E-state index contributed by atoms with van der Waals surface area (Å²) < 4.78 is 1.98. The summed E-state index contributed by atoms with van der Waals surface area (Å²) >= 11 is 1.40. The minimum absolute atomic E-state index is 0.0579. The van der Waals surface area contributed by atoms with Crippen molar-refractivity contribution in [1.29, 1.82) is 0 Å². The molecule has 6 heteroatoms. The van der Waals surface area contributed by atoms with E-state index in [0.29, 0.717) is 17.6 Å². The van der Waals surface area contributed by atoms with Crippen molar-refractivity contribution in [3.8, 4) is 11.4 Å². The van der Waals surface area contributed by atoms with Gasteiger partial charge < -0.3 is 5.32 Å². The van der Waals surface area contributed by atoms with Crippen LogP contribution in [0, 0.1) is 0 Å². The molecule has 1 aromatic heterocycles. The summed E-state index contributed by atoms with van der Waals surface area (Å²) in [6.45, 7) is 10.5. The van der Waals surface area contributed by atoms with Gasteiger partial charge in [0.05, 0.1) is 5.25 Å². The first-order valence-corrected chi connectivity index (χ1v) is 10.5. The lowest BCUT2D eigenvalue weighted by molar-refractivity contribution is -0.115. The molecule has 1 amide bonds. The molecule has 0 fully saturated rings. The van der Waals surface area contributed by atoms with Gasteiger partial charge in [-0.25, -0.2) is 0 Å². The van der Waals surface area contributed by atoms with E-state index in [1.807, 2.05) is 72.2 Å². The number of para-hydroxylation sites is 1. The van der Waals surface area contributed by atoms with Gasteiger partial charge in [-0.15, -0.1) is 16.8 Å². The minimum Gasteiger partial charge on any atom is -0.325 e. The summed E-state index contributed by atoms with van der Waals surface area (Å²) in [5, 5.41) is 12.1. The number of thioether (sulfide) groups is 1. The van der Waals surface area contributed by atoms with E-state index in [0.717, 1.165) is 22.6 Å². The predicted molar refractivity (Wildman–Crippen MR) is 120 cm³/mol. The van der Waals surface area contributed by atoms with Crippen LogP contribution in [0.1, 0.15) is 32.3 Å². The Kier molecular flexibility index (Phi) is 6.88. The molecule has 0 saturated heterocycles. The summed E-state index contributed by atoms with van der Waals surface area (Å²) in [7, 11) is 0. The van der Waals surface area contributed by atoms with Gasteiger partial charge in [-0.1, -0.05) is 80.2 Å². The third kappa shape index (κ3) is 4.95. The summed E-state index contributed by atoms with van der Waals surface area (Å²) in [5.41, 5.74) is 2.97. The highest BCUT2D eigenvalue weighted by atomic mass is 32.2. The molecule has 29 heavy (non-hydrogen) atoms. The first-order valence-electron chi connectivity index (χ1n) is 9.67. The lowest BCUT2D eigenvalue weighted by Crippen LogP contribution is -2.23. The van der Waals surface area contributed by atoms with Gasteiger partial charge >= 0.3 is 0 Å². The molecular weight excluding hydrogens is 380 g/mol. The third-order valence-electron chi connectivity index (χ3n) is 4.55. The van der Waals surface area contributed by atoms with Gasteiger partial charge in [0.2, 0.25) is 5.91 Å². The van der Waals surface area contributed by atoms with E-state index in [-0.39, 0.29) is 11.2 Å². The fourth-order valence-electron chi connectivity index (χ4n) is 3.03. The van der Waals surface area contributed by atoms with Crippen LogP contribution in [0.2, 0.25) is 0 Å². The van der Waals surface area contributed by atoms with Crippen LogP contribution in [-0.2, 0) is 11.3 Å². The number of nitrogens with zero attached hydrogens (tertiary/aromatic N) is 3. The van der Waals surface area contributed by atoms with Crippen molar-refractivity contribution in [3.05, 3.63) is 72.8 Å². The zero-order chi connectivity index (χ0) is 20.8. The topological polar surface area (TPSA) is 59.8 Å². The maximum Gasteiger partial charge on any atom is 0.237 e. The van der Waals surface area contributed by atoms with E-state index >= 15 is 0 Å². The number of allylic oxidation sites excluding steroid dienone is 1. The van der Waals surface area contributed by atoms with Crippen LogP contribution in [0.3, 0.4) is 0 Å². The standard InChI is InChI=1S/C23H26N4OS/c1-5-15-27-21(18-11-7-6-8-12-18)25-26-23(27)29-17(4)22(28)24-20-14-10-9-13-19(20)16(2)3/h5-14,16-17H,1,15H2,2-4H3,(H,24,28)/t17-/m1/s1. The van der Waals surface area contributed by atoms with Crippen LogP contribution in [0.4, 0.5) is 5.69 Å². The molecule has 0 radical (unpaired) electrons. The normalized spacial score (nSPS) is 12.0. The van der Waals surface area contributed by atoms with Crippen molar-refractivity contribution >= 4 is 23.4 Å². The molecule has 2 aromatic carbocycles. The Morgan fingerprint density at radius 1 is 1.10 bits per heavy atom. The lowest BCUT2D eigenvalue weighted by atomic mass is 10.0. The monoisotopic (exact) mass is 406 g/mol. The van der Waals surface area contributed by atoms with Gasteiger partial charge in [-0.2, -0.15) is 0 Å². The number of hydrogen-bond acceptors (Lipinski definition) is 4. The van der Waals surface area contributed by atoms with Crippen LogP contribution in [-0.4, -0.2) is 25.9 Å². The molecule has 1 atom stereocenters. The molecule has 0 aliphatic heterocycles. The van der Waals surface area contributed by atoms with Crippen molar-refractivity contribution in [2.24, 2.45) is 0 Å². The van der Waals surface area contributed by atoms with Crippen molar-refractivity contribution < 1.29 is 4.79 Å². The number of nitrogens with one attached hydrogen (secondary N) is 1. The van der Waals surface area contributed by atoms with Crippen LogP contribution >= 0.6 is 11.8 Å². The molecule has 150 valence electrons. The van der Waals surface area contributed by atoms with E-state index in [4.69, 9.17) is 0 Å². The molecule has 1 N–H and O–H groups in total. The molecule has 3 rings (SSSR count). The Balaban J connectivity index is 1.78. The number of hydrogen-bond donors (Lipinski definition) is 1. The zero-order valence-corrected chi connectivity index (χ0v) is 17.8. The first-order chi connectivity index (χ1) is 14.0. The van der Waals surface area contributed by atoms with E-state index in [9.17, 15) is 4.79 Å². The molecule has 1 heterocycles. The van der Waals surface area contributed by atoms with Gasteiger partial charge in [0.1, 0.15) is 0 Å². The number of amides is 1. The number of benzene rings is 2. The SMILES string of the molecule is C=CCn1c(S[C@H](C)C(=O)Nc2ccccc2C(C)C)nnc1-c1ccccc1. The Labute approximate surface area is 176 Å². The molecular formula is C23H26N4OS. The van der Waals surface area contributed by atoms with Crippen LogP contribution < -0.4 is 5.32 Å². The molecule has 0 aliphatic rings. The Morgan fingerprint density at radius 2 is 1.79 bits per heavy atom. The van der Waals surface area contributed by atoms with Gasteiger partial charge in [0, 0.05) is 17.8 Å². The maximum atomic E-state index is 12.8. The Bertz CT molecular complexity index is 982.